The summed E-state index contributed by atoms with van der Waals surface area (Å²) >= 11 is 0. The van der Waals surface area contributed by atoms with E-state index in [0.29, 0.717) is 5.76 Å². The minimum absolute atomic E-state index is 0.281. The van der Waals surface area contributed by atoms with Crippen LogP contribution < -0.4 is 5.32 Å². The maximum absolute atomic E-state index is 11.1. The molecule has 0 aliphatic heterocycles. The van der Waals surface area contributed by atoms with Gasteiger partial charge >= 0.3 is 5.97 Å². The van der Waals surface area contributed by atoms with Crippen molar-refractivity contribution in [3.05, 3.63) is 29.7 Å². The number of carbonyl (C=O) groups is 2. The van der Waals surface area contributed by atoms with Crippen LogP contribution in [-0.2, 0) is 14.3 Å². The van der Waals surface area contributed by atoms with Gasteiger partial charge in [0.1, 0.15) is 11.5 Å². The van der Waals surface area contributed by atoms with Crippen molar-refractivity contribution in [2.24, 2.45) is 0 Å². The molecule has 0 saturated carbocycles. The molecule has 0 saturated heterocycles. The summed E-state index contributed by atoms with van der Waals surface area (Å²) in [7, 11) is 1.47. The molecule has 5 nitrogen and oxygen atoms in total. The standard InChI is InChI=1S/C11H13NO4/c1-8-3-4-9(16-8)5-6-11(14)15-7-10(13)12-2/h3-6H,7H2,1-2H3,(H,12,13)/b6-5+. The highest BCUT2D eigenvalue weighted by Gasteiger charge is 2.02. The summed E-state index contributed by atoms with van der Waals surface area (Å²) in [4.78, 5) is 21.9. The van der Waals surface area contributed by atoms with Crippen LogP contribution in [0.25, 0.3) is 6.08 Å². The molecular formula is C11H13NO4. The largest absolute Gasteiger partial charge is 0.462 e. The Bertz CT molecular complexity index is 406. The fourth-order valence-corrected chi connectivity index (χ4v) is 0.950. The molecule has 0 aromatic carbocycles. The van der Waals surface area contributed by atoms with Gasteiger partial charge in [0.15, 0.2) is 6.61 Å². The predicted octanol–water partition coefficient (Wildman–Crippen LogP) is 0.890. The van der Waals surface area contributed by atoms with Gasteiger partial charge in [-0.15, -0.1) is 0 Å². The van der Waals surface area contributed by atoms with E-state index in [-0.39, 0.29) is 12.5 Å². The van der Waals surface area contributed by atoms with E-state index < -0.39 is 5.97 Å². The van der Waals surface area contributed by atoms with E-state index in [9.17, 15) is 9.59 Å². The first kappa shape index (κ1) is 12.0. The molecule has 0 spiro atoms. The molecule has 86 valence electrons. The average molecular weight is 223 g/mol. The summed E-state index contributed by atoms with van der Waals surface area (Å²) in [5, 5.41) is 2.34. The van der Waals surface area contributed by atoms with Gasteiger partial charge in [0.05, 0.1) is 0 Å². The minimum Gasteiger partial charge on any atom is -0.462 e. The van der Waals surface area contributed by atoms with Crippen molar-refractivity contribution in [1.82, 2.24) is 5.32 Å². The number of aryl methyl sites for hydroxylation is 1. The van der Waals surface area contributed by atoms with Gasteiger partial charge in [0, 0.05) is 13.1 Å². The molecule has 1 N–H and O–H groups in total. The maximum atomic E-state index is 11.1. The number of carbonyl (C=O) groups excluding carboxylic acids is 2. The second-order valence-electron chi connectivity index (χ2n) is 3.06. The van der Waals surface area contributed by atoms with E-state index in [1.54, 1.807) is 19.1 Å². The first-order chi connectivity index (χ1) is 7.61. The Morgan fingerprint density at radius 1 is 1.50 bits per heavy atom. The van der Waals surface area contributed by atoms with E-state index >= 15 is 0 Å². The molecule has 16 heavy (non-hydrogen) atoms. The SMILES string of the molecule is CNC(=O)COC(=O)/C=C/c1ccc(C)o1. The van der Waals surface area contributed by atoms with Crippen molar-refractivity contribution < 1.29 is 18.7 Å². The van der Waals surface area contributed by atoms with Gasteiger partial charge in [-0.2, -0.15) is 0 Å². The van der Waals surface area contributed by atoms with Gasteiger partial charge in [0.25, 0.3) is 5.91 Å². The molecule has 1 amide bonds. The number of ether oxygens (including phenoxy) is 1. The summed E-state index contributed by atoms with van der Waals surface area (Å²) in [6.07, 6.45) is 2.69. The molecular weight excluding hydrogens is 210 g/mol. The van der Waals surface area contributed by atoms with E-state index in [1.165, 1.54) is 19.2 Å². The van der Waals surface area contributed by atoms with Crippen LogP contribution in [0.15, 0.2) is 22.6 Å². The number of amides is 1. The van der Waals surface area contributed by atoms with Crippen molar-refractivity contribution >= 4 is 18.0 Å². The Hall–Kier alpha value is -2.04. The molecule has 0 radical (unpaired) electrons. The van der Waals surface area contributed by atoms with Crippen molar-refractivity contribution in [3.63, 3.8) is 0 Å². The normalized spacial score (nSPS) is 10.4. The number of rotatable bonds is 4. The molecule has 0 aliphatic rings. The van der Waals surface area contributed by atoms with Crippen LogP contribution in [0, 0.1) is 6.92 Å². The lowest BCUT2D eigenvalue weighted by molar-refractivity contribution is -0.143. The molecule has 1 aromatic rings. The third-order valence-corrected chi connectivity index (χ3v) is 1.77. The van der Waals surface area contributed by atoms with Crippen LogP contribution in [0.2, 0.25) is 0 Å². The van der Waals surface area contributed by atoms with Gasteiger partial charge < -0.3 is 14.5 Å². The fourth-order valence-electron chi connectivity index (χ4n) is 0.950. The zero-order chi connectivity index (χ0) is 12.0. The third kappa shape index (κ3) is 4.00. The molecule has 0 bridgehead atoms. The Kier molecular flexibility index (Phi) is 4.32. The van der Waals surface area contributed by atoms with Gasteiger partial charge in [-0.25, -0.2) is 4.79 Å². The Labute approximate surface area is 93.1 Å². The summed E-state index contributed by atoms with van der Waals surface area (Å²) in [6.45, 7) is 1.53. The molecule has 0 fully saturated rings. The van der Waals surface area contributed by atoms with Gasteiger partial charge in [-0.1, -0.05) is 0 Å². The lowest BCUT2D eigenvalue weighted by Gasteiger charge is -1.99. The molecule has 5 heteroatoms. The van der Waals surface area contributed by atoms with Crippen LogP contribution in [0.1, 0.15) is 11.5 Å². The van der Waals surface area contributed by atoms with Crippen LogP contribution in [-0.4, -0.2) is 25.5 Å². The summed E-state index contributed by atoms with van der Waals surface area (Å²) in [6, 6.07) is 3.52. The molecule has 0 aliphatic carbocycles. The first-order valence-corrected chi connectivity index (χ1v) is 4.73. The summed E-state index contributed by atoms with van der Waals surface area (Å²) < 4.78 is 9.85. The average Bonchev–Trinajstić information content (AvgIpc) is 2.69. The Balaban J connectivity index is 2.39. The second-order valence-corrected chi connectivity index (χ2v) is 3.06. The molecule has 1 rings (SSSR count). The van der Waals surface area contributed by atoms with E-state index in [1.807, 2.05) is 0 Å². The van der Waals surface area contributed by atoms with Crippen molar-refractivity contribution in [1.29, 1.82) is 0 Å². The molecule has 1 heterocycles. The van der Waals surface area contributed by atoms with Crippen molar-refractivity contribution in [2.75, 3.05) is 13.7 Å². The van der Waals surface area contributed by atoms with Crippen LogP contribution >= 0.6 is 0 Å². The highest BCUT2D eigenvalue weighted by atomic mass is 16.5. The summed E-state index contributed by atoms with van der Waals surface area (Å²) in [5.74, 6) is 0.390. The monoisotopic (exact) mass is 223 g/mol. The number of nitrogens with one attached hydrogen (secondary N) is 1. The van der Waals surface area contributed by atoms with Gasteiger partial charge in [0.2, 0.25) is 0 Å². The van der Waals surface area contributed by atoms with Crippen molar-refractivity contribution in [2.45, 2.75) is 6.92 Å². The van der Waals surface area contributed by atoms with E-state index in [2.05, 4.69) is 10.1 Å². The molecule has 0 unspecified atom stereocenters. The zero-order valence-corrected chi connectivity index (χ0v) is 9.15. The van der Waals surface area contributed by atoms with E-state index in [0.717, 1.165) is 5.76 Å². The first-order valence-electron chi connectivity index (χ1n) is 4.73. The predicted molar refractivity (Wildman–Crippen MR) is 57.5 cm³/mol. The van der Waals surface area contributed by atoms with E-state index in [4.69, 9.17) is 4.42 Å². The topological polar surface area (TPSA) is 68.5 Å². The highest BCUT2D eigenvalue weighted by Crippen LogP contribution is 2.07. The number of hydrogen-bond donors (Lipinski definition) is 1. The smallest absolute Gasteiger partial charge is 0.331 e. The van der Waals surface area contributed by atoms with Gasteiger partial charge in [-0.3, -0.25) is 4.79 Å². The van der Waals surface area contributed by atoms with Crippen LogP contribution in [0.3, 0.4) is 0 Å². The van der Waals surface area contributed by atoms with Gasteiger partial charge in [-0.05, 0) is 25.1 Å². The number of likely N-dealkylation sites (N-methyl/N-ethyl adjacent to an activating group) is 1. The van der Waals surface area contributed by atoms with Crippen LogP contribution in [0.4, 0.5) is 0 Å². The summed E-state index contributed by atoms with van der Waals surface area (Å²) in [5.41, 5.74) is 0. The quantitative estimate of drug-likeness (QED) is 0.608. The Morgan fingerprint density at radius 2 is 2.25 bits per heavy atom. The minimum atomic E-state index is -0.586. The molecule has 1 aromatic heterocycles. The third-order valence-electron chi connectivity index (χ3n) is 1.77. The zero-order valence-electron chi connectivity index (χ0n) is 9.15. The Morgan fingerprint density at radius 3 is 2.81 bits per heavy atom. The number of furan rings is 1. The second kappa shape index (κ2) is 5.75. The lowest BCUT2D eigenvalue weighted by atomic mass is 10.4. The fraction of sp³-hybridized carbons (Fsp3) is 0.273. The lowest BCUT2D eigenvalue weighted by Crippen LogP contribution is -2.24. The number of hydrogen-bond acceptors (Lipinski definition) is 4. The number of esters is 1. The maximum Gasteiger partial charge on any atom is 0.331 e. The van der Waals surface area contributed by atoms with Crippen LogP contribution in [0.5, 0.6) is 0 Å². The molecule has 0 atom stereocenters. The van der Waals surface area contributed by atoms with Crippen molar-refractivity contribution in [3.8, 4) is 0 Å². The highest BCUT2D eigenvalue weighted by molar-refractivity contribution is 5.88.